The molecule has 0 saturated heterocycles. The number of aromatic nitrogens is 3. The molecular formula is C23H30N4O2S. The van der Waals surface area contributed by atoms with Crippen molar-refractivity contribution in [2.45, 2.75) is 81.8 Å². The minimum Gasteiger partial charge on any atom is -0.453 e. The van der Waals surface area contributed by atoms with Gasteiger partial charge >= 0.3 is 0 Å². The van der Waals surface area contributed by atoms with Crippen LogP contribution in [0.25, 0.3) is 22.6 Å². The third kappa shape index (κ3) is 4.41. The molecule has 2 heterocycles. The van der Waals surface area contributed by atoms with Gasteiger partial charge in [-0.15, -0.1) is 10.2 Å². The van der Waals surface area contributed by atoms with Gasteiger partial charge in [0, 0.05) is 17.5 Å². The lowest BCUT2D eigenvalue weighted by molar-refractivity contribution is -0.121. The Morgan fingerprint density at radius 1 is 1.23 bits per heavy atom. The summed E-state index contributed by atoms with van der Waals surface area (Å²) < 4.78 is 8.09. The number of para-hydroxylation sites is 1. The predicted molar refractivity (Wildman–Crippen MR) is 121 cm³/mol. The molecule has 3 aromatic rings. The maximum atomic E-state index is 12.9. The van der Waals surface area contributed by atoms with Gasteiger partial charge in [0.05, 0.1) is 5.25 Å². The Bertz CT molecular complexity index is 971. The molecule has 1 saturated carbocycles. The van der Waals surface area contributed by atoms with E-state index < -0.39 is 0 Å². The number of nitrogens with one attached hydrogen (secondary N) is 1. The standard InChI is InChI=1S/C23H30N4O2S/c1-4-20(22(28)24-17-11-6-5-7-12-17)30-23-26-25-21(27(23)15(2)3)19-14-16-10-8-9-13-18(16)29-19/h8-10,13-15,17,20H,4-7,11-12H2,1-3H3,(H,24,28). The van der Waals surface area contributed by atoms with E-state index in [1.165, 1.54) is 31.0 Å². The number of carbonyl (C=O) groups excluding carboxylic acids is 1. The molecule has 160 valence electrons. The van der Waals surface area contributed by atoms with Crippen LogP contribution in [-0.4, -0.2) is 32.0 Å². The minimum absolute atomic E-state index is 0.109. The molecule has 1 aliphatic rings. The van der Waals surface area contributed by atoms with E-state index in [-0.39, 0.29) is 17.2 Å². The molecule has 1 unspecified atom stereocenters. The fourth-order valence-electron chi connectivity index (χ4n) is 4.07. The van der Waals surface area contributed by atoms with Crippen molar-refractivity contribution >= 4 is 28.6 Å². The fourth-order valence-corrected chi connectivity index (χ4v) is 5.17. The first-order valence-corrected chi connectivity index (χ1v) is 11.9. The molecule has 7 heteroatoms. The van der Waals surface area contributed by atoms with Crippen LogP contribution in [0.3, 0.4) is 0 Å². The van der Waals surface area contributed by atoms with E-state index in [0.29, 0.717) is 17.6 Å². The van der Waals surface area contributed by atoms with E-state index >= 15 is 0 Å². The number of rotatable bonds is 7. The number of hydrogen-bond donors (Lipinski definition) is 1. The normalized spacial score (nSPS) is 16.3. The lowest BCUT2D eigenvalue weighted by atomic mass is 9.95. The van der Waals surface area contributed by atoms with Crippen molar-refractivity contribution < 1.29 is 9.21 Å². The highest BCUT2D eigenvalue weighted by atomic mass is 32.2. The van der Waals surface area contributed by atoms with Crippen LogP contribution in [0.4, 0.5) is 0 Å². The van der Waals surface area contributed by atoms with Crippen molar-refractivity contribution in [1.29, 1.82) is 0 Å². The lowest BCUT2D eigenvalue weighted by Gasteiger charge is -2.25. The first-order chi connectivity index (χ1) is 14.6. The Labute approximate surface area is 181 Å². The van der Waals surface area contributed by atoms with Crippen LogP contribution in [0.1, 0.15) is 65.3 Å². The first-order valence-electron chi connectivity index (χ1n) is 11.0. The Morgan fingerprint density at radius 3 is 2.70 bits per heavy atom. The average molecular weight is 427 g/mol. The summed E-state index contributed by atoms with van der Waals surface area (Å²) in [6.07, 6.45) is 6.61. The Balaban J connectivity index is 1.56. The Kier molecular flexibility index (Phi) is 6.46. The Morgan fingerprint density at radius 2 is 2.00 bits per heavy atom. The molecule has 1 atom stereocenters. The third-order valence-corrected chi connectivity index (χ3v) is 7.01. The number of amides is 1. The van der Waals surface area contributed by atoms with E-state index in [1.807, 2.05) is 37.3 Å². The molecule has 0 radical (unpaired) electrons. The van der Waals surface area contributed by atoms with Gasteiger partial charge in [-0.25, -0.2) is 0 Å². The van der Waals surface area contributed by atoms with Gasteiger partial charge in [0.15, 0.2) is 10.9 Å². The van der Waals surface area contributed by atoms with Crippen LogP contribution in [0.5, 0.6) is 0 Å². The van der Waals surface area contributed by atoms with Crippen LogP contribution >= 0.6 is 11.8 Å². The van der Waals surface area contributed by atoms with E-state index in [0.717, 1.165) is 35.4 Å². The summed E-state index contributed by atoms with van der Waals surface area (Å²) in [5.41, 5.74) is 0.832. The van der Waals surface area contributed by atoms with Gasteiger partial charge < -0.3 is 9.73 Å². The average Bonchev–Trinajstić information content (AvgIpc) is 3.36. The highest BCUT2D eigenvalue weighted by molar-refractivity contribution is 8.00. The second kappa shape index (κ2) is 9.25. The number of nitrogens with zero attached hydrogens (tertiary/aromatic N) is 3. The van der Waals surface area contributed by atoms with E-state index in [4.69, 9.17) is 4.42 Å². The highest BCUT2D eigenvalue weighted by Gasteiger charge is 2.27. The number of benzene rings is 1. The van der Waals surface area contributed by atoms with Crippen LogP contribution < -0.4 is 5.32 Å². The Hall–Kier alpha value is -2.28. The van der Waals surface area contributed by atoms with Crippen molar-refractivity contribution in [2.24, 2.45) is 0 Å². The molecule has 0 spiro atoms. The molecule has 0 bridgehead atoms. The fraction of sp³-hybridized carbons (Fsp3) is 0.522. The maximum absolute atomic E-state index is 12.9. The van der Waals surface area contributed by atoms with Crippen molar-refractivity contribution in [3.63, 3.8) is 0 Å². The van der Waals surface area contributed by atoms with Crippen molar-refractivity contribution in [3.05, 3.63) is 30.3 Å². The van der Waals surface area contributed by atoms with Crippen molar-refractivity contribution in [3.8, 4) is 11.6 Å². The number of fused-ring (bicyclic) bond motifs is 1. The highest BCUT2D eigenvalue weighted by Crippen LogP contribution is 2.33. The molecule has 1 fully saturated rings. The van der Waals surface area contributed by atoms with Crippen molar-refractivity contribution in [2.75, 3.05) is 0 Å². The zero-order valence-electron chi connectivity index (χ0n) is 17.9. The SMILES string of the molecule is CCC(Sc1nnc(-c2cc3ccccc3o2)n1C(C)C)C(=O)NC1CCCCC1. The number of thioether (sulfide) groups is 1. The molecule has 30 heavy (non-hydrogen) atoms. The molecule has 1 N–H and O–H groups in total. The second-order valence-corrected chi connectivity index (χ2v) is 9.45. The smallest absolute Gasteiger partial charge is 0.233 e. The van der Waals surface area contributed by atoms with E-state index in [1.54, 1.807) is 0 Å². The molecule has 1 aliphatic carbocycles. The lowest BCUT2D eigenvalue weighted by Crippen LogP contribution is -2.41. The number of carbonyl (C=O) groups is 1. The van der Waals surface area contributed by atoms with Gasteiger partial charge in [0.2, 0.25) is 11.7 Å². The quantitative estimate of drug-likeness (QED) is 0.498. The molecule has 1 aromatic carbocycles. The first kappa shape index (κ1) is 21.0. The summed E-state index contributed by atoms with van der Waals surface area (Å²) >= 11 is 1.50. The molecule has 2 aromatic heterocycles. The molecule has 0 aliphatic heterocycles. The van der Waals surface area contributed by atoms with Gasteiger partial charge in [0.25, 0.3) is 0 Å². The van der Waals surface area contributed by atoms with Crippen LogP contribution in [0, 0.1) is 0 Å². The van der Waals surface area contributed by atoms with Crippen LogP contribution in [0.2, 0.25) is 0 Å². The van der Waals surface area contributed by atoms with Gasteiger partial charge in [-0.1, -0.05) is 56.1 Å². The minimum atomic E-state index is -0.183. The van der Waals surface area contributed by atoms with Gasteiger partial charge in [-0.05, 0) is 45.2 Å². The zero-order chi connectivity index (χ0) is 21.1. The largest absolute Gasteiger partial charge is 0.453 e. The molecule has 4 rings (SSSR count). The van der Waals surface area contributed by atoms with Gasteiger partial charge in [-0.3, -0.25) is 9.36 Å². The number of furan rings is 1. The van der Waals surface area contributed by atoms with Gasteiger partial charge in [0.1, 0.15) is 5.58 Å². The van der Waals surface area contributed by atoms with Crippen molar-refractivity contribution in [1.82, 2.24) is 20.1 Å². The monoisotopic (exact) mass is 426 g/mol. The van der Waals surface area contributed by atoms with Gasteiger partial charge in [-0.2, -0.15) is 0 Å². The summed E-state index contributed by atoms with van der Waals surface area (Å²) in [4.78, 5) is 12.9. The summed E-state index contributed by atoms with van der Waals surface area (Å²) in [6, 6.07) is 10.4. The number of hydrogen-bond acceptors (Lipinski definition) is 5. The van der Waals surface area contributed by atoms with Crippen LogP contribution in [-0.2, 0) is 4.79 Å². The van der Waals surface area contributed by atoms with E-state index in [2.05, 4.69) is 33.9 Å². The molecule has 6 nitrogen and oxygen atoms in total. The summed E-state index contributed by atoms with van der Waals surface area (Å²) in [5, 5.41) is 13.7. The third-order valence-electron chi connectivity index (χ3n) is 5.69. The van der Waals surface area contributed by atoms with E-state index in [9.17, 15) is 4.79 Å². The van der Waals surface area contributed by atoms with Crippen LogP contribution in [0.15, 0.2) is 39.9 Å². The molecular weight excluding hydrogens is 396 g/mol. The summed E-state index contributed by atoms with van der Waals surface area (Å²) in [5.74, 6) is 1.51. The maximum Gasteiger partial charge on any atom is 0.233 e. The topological polar surface area (TPSA) is 73.0 Å². The summed E-state index contributed by atoms with van der Waals surface area (Å²) in [6.45, 7) is 6.25. The molecule has 1 amide bonds. The summed E-state index contributed by atoms with van der Waals surface area (Å²) in [7, 11) is 0. The predicted octanol–water partition coefficient (Wildman–Crippen LogP) is 5.59. The zero-order valence-corrected chi connectivity index (χ0v) is 18.7. The second-order valence-electron chi connectivity index (χ2n) is 8.28.